The Labute approximate surface area is 102 Å². The minimum Gasteiger partial charge on any atom is -0.354 e. The summed E-state index contributed by atoms with van der Waals surface area (Å²) in [6.07, 6.45) is 2.61. The number of hydrogen-bond donors (Lipinski definition) is 2. The van der Waals surface area contributed by atoms with Crippen LogP contribution in [0.1, 0.15) is 26.5 Å². The minimum absolute atomic E-state index is 0.103. The molecule has 0 aromatic carbocycles. The van der Waals surface area contributed by atoms with Crippen molar-refractivity contribution in [3.05, 3.63) is 18.0 Å². The maximum absolute atomic E-state index is 11.7. The molecule has 1 aromatic rings. The zero-order valence-electron chi connectivity index (χ0n) is 11.0. The standard InChI is InChI=1S/C12H22N4O/c1-12(2,3)10(13)11(17)14-7-5-9-6-8-16(4)15-9/h6,8,10H,5,7,13H2,1-4H3,(H,14,17)/t10-/m0/s1. The van der Waals surface area contributed by atoms with Crippen molar-refractivity contribution in [1.29, 1.82) is 0 Å². The maximum atomic E-state index is 11.7. The van der Waals surface area contributed by atoms with Crippen molar-refractivity contribution in [3.8, 4) is 0 Å². The molecule has 0 aliphatic rings. The van der Waals surface area contributed by atoms with Crippen LogP contribution in [0.5, 0.6) is 0 Å². The number of aromatic nitrogens is 2. The Hall–Kier alpha value is -1.36. The van der Waals surface area contributed by atoms with Crippen molar-refractivity contribution in [3.63, 3.8) is 0 Å². The van der Waals surface area contributed by atoms with Crippen molar-refractivity contribution < 1.29 is 4.79 Å². The van der Waals surface area contributed by atoms with Crippen LogP contribution in [0.3, 0.4) is 0 Å². The fraction of sp³-hybridized carbons (Fsp3) is 0.667. The zero-order valence-corrected chi connectivity index (χ0v) is 11.0. The van der Waals surface area contributed by atoms with Gasteiger partial charge in [0.05, 0.1) is 11.7 Å². The lowest BCUT2D eigenvalue weighted by atomic mass is 9.87. The summed E-state index contributed by atoms with van der Waals surface area (Å²) in [7, 11) is 1.87. The highest BCUT2D eigenvalue weighted by molar-refractivity contribution is 5.82. The van der Waals surface area contributed by atoms with E-state index in [1.54, 1.807) is 4.68 Å². The van der Waals surface area contributed by atoms with Crippen LogP contribution >= 0.6 is 0 Å². The predicted octanol–water partition coefficient (Wildman–Crippen LogP) is 0.452. The van der Waals surface area contributed by atoms with Crippen LogP contribution in [0.15, 0.2) is 12.3 Å². The van der Waals surface area contributed by atoms with Crippen LogP contribution in [0, 0.1) is 5.41 Å². The smallest absolute Gasteiger partial charge is 0.237 e. The molecule has 1 aromatic heterocycles. The highest BCUT2D eigenvalue weighted by atomic mass is 16.2. The van der Waals surface area contributed by atoms with Crippen molar-refractivity contribution in [2.45, 2.75) is 33.2 Å². The van der Waals surface area contributed by atoms with Gasteiger partial charge in [-0.15, -0.1) is 0 Å². The second kappa shape index (κ2) is 5.31. The van der Waals surface area contributed by atoms with Crippen molar-refractivity contribution in [1.82, 2.24) is 15.1 Å². The van der Waals surface area contributed by atoms with Crippen LogP contribution in [0.2, 0.25) is 0 Å². The molecule has 1 heterocycles. The van der Waals surface area contributed by atoms with E-state index in [0.717, 1.165) is 12.1 Å². The van der Waals surface area contributed by atoms with Gasteiger partial charge in [-0.1, -0.05) is 20.8 Å². The molecule has 0 aliphatic heterocycles. The molecule has 1 amide bonds. The molecule has 0 saturated carbocycles. The predicted molar refractivity (Wildman–Crippen MR) is 67.4 cm³/mol. The first kappa shape index (κ1) is 13.7. The van der Waals surface area contributed by atoms with Crippen LogP contribution in [-0.4, -0.2) is 28.3 Å². The van der Waals surface area contributed by atoms with Gasteiger partial charge in [0.1, 0.15) is 0 Å². The molecule has 5 nitrogen and oxygen atoms in total. The second-order valence-corrected chi connectivity index (χ2v) is 5.37. The number of rotatable bonds is 4. The summed E-state index contributed by atoms with van der Waals surface area (Å²) in [6.45, 7) is 6.43. The van der Waals surface area contributed by atoms with Gasteiger partial charge in [-0.3, -0.25) is 9.48 Å². The van der Waals surface area contributed by atoms with Gasteiger partial charge in [-0.05, 0) is 11.5 Å². The first-order valence-corrected chi connectivity index (χ1v) is 5.82. The number of carbonyl (C=O) groups is 1. The summed E-state index contributed by atoms with van der Waals surface area (Å²) in [5.74, 6) is -0.103. The van der Waals surface area contributed by atoms with E-state index in [9.17, 15) is 4.79 Å². The Morgan fingerprint density at radius 1 is 1.59 bits per heavy atom. The molecule has 0 unspecified atom stereocenters. The first-order chi connectivity index (χ1) is 7.80. The lowest BCUT2D eigenvalue weighted by molar-refractivity contribution is -0.124. The van der Waals surface area contributed by atoms with Gasteiger partial charge in [0.25, 0.3) is 0 Å². The summed E-state index contributed by atoms with van der Waals surface area (Å²) in [6, 6.07) is 1.46. The molecule has 0 fully saturated rings. The second-order valence-electron chi connectivity index (χ2n) is 5.37. The van der Waals surface area contributed by atoms with Crippen molar-refractivity contribution in [2.24, 2.45) is 18.2 Å². The molecular weight excluding hydrogens is 216 g/mol. The largest absolute Gasteiger partial charge is 0.354 e. The number of hydrogen-bond acceptors (Lipinski definition) is 3. The normalized spacial score (nSPS) is 13.5. The molecule has 0 radical (unpaired) electrons. The summed E-state index contributed by atoms with van der Waals surface area (Å²) >= 11 is 0. The van der Waals surface area contributed by atoms with Gasteiger partial charge < -0.3 is 11.1 Å². The summed E-state index contributed by atoms with van der Waals surface area (Å²) in [5, 5.41) is 7.07. The number of carbonyl (C=O) groups excluding carboxylic acids is 1. The van der Waals surface area contributed by atoms with E-state index in [0.29, 0.717) is 6.54 Å². The number of amides is 1. The first-order valence-electron chi connectivity index (χ1n) is 5.82. The summed E-state index contributed by atoms with van der Waals surface area (Å²) < 4.78 is 1.75. The lowest BCUT2D eigenvalue weighted by Gasteiger charge is -2.25. The Morgan fingerprint density at radius 2 is 2.24 bits per heavy atom. The third-order valence-corrected chi connectivity index (χ3v) is 2.66. The average Bonchev–Trinajstić information content (AvgIpc) is 2.61. The average molecular weight is 238 g/mol. The van der Waals surface area contributed by atoms with Gasteiger partial charge in [0.15, 0.2) is 0 Å². The van der Waals surface area contributed by atoms with E-state index in [1.807, 2.05) is 40.1 Å². The molecule has 96 valence electrons. The summed E-state index contributed by atoms with van der Waals surface area (Å²) in [5.41, 5.74) is 6.60. The van der Waals surface area contributed by atoms with Gasteiger partial charge in [0.2, 0.25) is 5.91 Å². The molecule has 0 saturated heterocycles. The number of aryl methyl sites for hydroxylation is 1. The monoisotopic (exact) mass is 238 g/mol. The number of nitrogens with one attached hydrogen (secondary N) is 1. The van der Waals surface area contributed by atoms with Crippen LogP contribution in [0.4, 0.5) is 0 Å². The molecule has 0 spiro atoms. The third-order valence-electron chi connectivity index (χ3n) is 2.66. The van der Waals surface area contributed by atoms with E-state index >= 15 is 0 Å². The fourth-order valence-corrected chi connectivity index (χ4v) is 1.41. The highest BCUT2D eigenvalue weighted by Crippen LogP contribution is 2.16. The molecule has 1 atom stereocenters. The zero-order chi connectivity index (χ0) is 13.1. The minimum atomic E-state index is -0.480. The number of nitrogens with two attached hydrogens (primary N) is 1. The molecule has 5 heteroatoms. The Bertz CT molecular complexity index is 378. The molecule has 1 rings (SSSR count). The number of nitrogens with zero attached hydrogens (tertiary/aromatic N) is 2. The Kier molecular flexibility index (Phi) is 4.28. The van der Waals surface area contributed by atoms with Crippen LogP contribution in [0.25, 0.3) is 0 Å². The van der Waals surface area contributed by atoms with Gasteiger partial charge in [0, 0.05) is 26.2 Å². The fourth-order valence-electron chi connectivity index (χ4n) is 1.41. The molecule has 3 N–H and O–H groups in total. The van der Waals surface area contributed by atoms with Crippen molar-refractivity contribution >= 4 is 5.91 Å². The molecule has 17 heavy (non-hydrogen) atoms. The SMILES string of the molecule is Cn1ccc(CCNC(=O)[C@H](N)C(C)(C)C)n1. The van der Waals surface area contributed by atoms with E-state index in [4.69, 9.17) is 5.73 Å². The van der Waals surface area contributed by atoms with Gasteiger partial charge >= 0.3 is 0 Å². The molecule has 0 bridgehead atoms. The Morgan fingerprint density at radius 3 is 2.71 bits per heavy atom. The Balaban J connectivity index is 2.34. The van der Waals surface area contributed by atoms with E-state index < -0.39 is 6.04 Å². The molecule has 0 aliphatic carbocycles. The van der Waals surface area contributed by atoms with E-state index in [-0.39, 0.29) is 11.3 Å². The van der Waals surface area contributed by atoms with Gasteiger partial charge in [-0.2, -0.15) is 5.10 Å². The lowest BCUT2D eigenvalue weighted by Crippen LogP contribution is -2.49. The summed E-state index contributed by atoms with van der Waals surface area (Å²) in [4.78, 5) is 11.7. The van der Waals surface area contributed by atoms with Crippen molar-refractivity contribution in [2.75, 3.05) is 6.54 Å². The van der Waals surface area contributed by atoms with E-state index in [1.165, 1.54) is 0 Å². The third kappa shape index (κ3) is 4.19. The highest BCUT2D eigenvalue weighted by Gasteiger charge is 2.26. The maximum Gasteiger partial charge on any atom is 0.237 e. The topological polar surface area (TPSA) is 72.9 Å². The quantitative estimate of drug-likeness (QED) is 0.800. The van der Waals surface area contributed by atoms with E-state index in [2.05, 4.69) is 10.4 Å². The van der Waals surface area contributed by atoms with Crippen LogP contribution in [-0.2, 0) is 18.3 Å². The van der Waals surface area contributed by atoms with Gasteiger partial charge in [-0.25, -0.2) is 0 Å². The van der Waals surface area contributed by atoms with Crippen LogP contribution < -0.4 is 11.1 Å². The molecular formula is C12H22N4O.